The Morgan fingerprint density at radius 2 is 2.19 bits per heavy atom. The van der Waals surface area contributed by atoms with Crippen molar-refractivity contribution in [2.75, 3.05) is 6.61 Å². The number of hydrogen-bond acceptors (Lipinski definition) is 4. The highest BCUT2D eigenvalue weighted by atomic mass is 32.1. The van der Waals surface area contributed by atoms with Gasteiger partial charge in [0.25, 0.3) is 0 Å². The fourth-order valence-electron chi connectivity index (χ4n) is 1.43. The normalized spacial score (nSPS) is 13.8. The van der Waals surface area contributed by atoms with E-state index < -0.39 is 0 Å². The quantitative estimate of drug-likeness (QED) is 0.758. The van der Waals surface area contributed by atoms with Gasteiger partial charge in [-0.2, -0.15) is 0 Å². The highest BCUT2D eigenvalue weighted by Gasteiger charge is 2.29. The summed E-state index contributed by atoms with van der Waals surface area (Å²) in [6.45, 7) is 10.5. The second-order valence-electron chi connectivity index (χ2n) is 4.83. The van der Waals surface area contributed by atoms with Crippen LogP contribution in [0.4, 0.5) is 0 Å². The molecule has 1 unspecified atom stereocenters. The summed E-state index contributed by atoms with van der Waals surface area (Å²) >= 11 is 1.50. The van der Waals surface area contributed by atoms with Crippen LogP contribution in [0.1, 0.15) is 56.2 Å². The van der Waals surface area contributed by atoms with Gasteiger partial charge in [0.1, 0.15) is 16.8 Å². The number of thiazole rings is 1. The van der Waals surface area contributed by atoms with E-state index in [1.54, 1.807) is 5.38 Å². The Labute approximate surface area is 101 Å². The lowest BCUT2D eigenvalue weighted by Gasteiger charge is -2.28. The van der Waals surface area contributed by atoms with Gasteiger partial charge in [0.15, 0.2) is 5.78 Å². The standard InChI is InChI=1S/C12H19NO2S/c1-6-15-10(12(3,4)5)11-13-9(7-16-11)8(2)14/h7,10H,6H2,1-5H3. The van der Waals surface area contributed by atoms with Gasteiger partial charge in [-0.25, -0.2) is 4.98 Å². The lowest BCUT2D eigenvalue weighted by molar-refractivity contribution is -0.0134. The molecule has 0 amide bonds. The molecule has 0 fully saturated rings. The average Bonchev–Trinajstić information content (AvgIpc) is 2.60. The van der Waals surface area contributed by atoms with Crippen LogP contribution in [0, 0.1) is 5.41 Å². The smallest absolute Gasteiger partial charge is 0.178 e. The number of Topliss-reactive ketones (excluding diaryl/α,β-unsaturated/α-hetero) is 1. The maximum atomic E-state index is 11.2. The number of ether oxygens (including phenoxy) is 1. The molecule has 4 heteroatoms. The molecule has 1 rings (SSSR count). The van der Waals surface area contributed by atoms with Gasteiger partial charge < -0.3 is 4.74 Å². The van der Waals surface area contributed by atoms with Crippen molar-refractivity contribution in [1.29, 1.82) is 0 Å². The summed E-state index contributed by atoms with van der Waals surface area (Å²) in [5, 5.41) is 2.69. The Kier molecular flexibility index (Phi) is 4.21. The Hall–Kier alpha value is -0.740. The van der Waals surface area contributed by atoms with Crippen molar-refractivity contribution in [3.05, 3.63) is 16.1 Å². The van der Waals surface area contributed by atoms with Crippen LogP contribution < -0.4 is 0 Å². The Balaban J connectivity index is 2.97. The highest BCUT2D eigenvalue weighted by Crippen LogP contribution is 2.37. The molecule has 0 aromatic carbocycles. The van der Waals surface area contributed by atoms with Gasteiger partial charge in [0.2, 0.25) is 0 Å². The first kappa shape index (κ1) is 13.3. The van der Waals surface area contributed by atoms with Crippen molar-refractivity contribution in [3.8, 4) is 0 Å². The molecular weight excluding hydrogens is 222 g/mol. The Morgan fingerprint density at radius 3 is 2.56 bits per heavy atom. The average molecular weight is 241 g/mol. The Morgan fingerprint density at radius 1 is 1.56 bits per heavy atom. The number of carbonyl (C=O) groups is 1. The highest BCUT2D eigenvalue weighted by molar-refractivity contribution is 7.09. The van der Waals surface area contributed by atoms with E-state index in [1.807, 2.05) is 6.92 Å². The summed E-state index contributed by atoms with van der Waals surface area (Å²) in [5.41, 5.74) is 0.524. The van der Waals surface area contributed by atoms with Gasteiger partial charge >= 0.3 is 0 Å². The molecule has 1 atom stereocenters. The molecule has 1 aromatic heterocycles. The zero-order valence-electron chi connectivity index (χ0n) is 10.5. The maximum absolute atomic E-state index is 11.2. The first-order valence-electron chi connectivity index (χ1n) is 5.44. The van der Waals surface area contributed by atoms with Crippen molar-refractivity contribution in [3.63, 3.8) is 0 Å². The number of carbonyl (C=O) groups excluding carboxylic acids is 1. The van der Waals surface area contributed by atoms with E-state index in [1.165, 1.54) is 18.3 Å². The van der Waals surface area contributed by atoms with E-state index in [0.717, 1.165) is 5.01 Å². The van der Waals surface area contributed by atoms with E-state index in [4.69, 9.17) is 4.74 Å². The molecular formula is C12H19NO2S. The van der Waals surface area contributed by atoms with Crippen LogP contribution in [0.25, 0.3) is 0 Å². The summed E-state index contributed by atoms with van der Waals surface area (Å²) in [6.07, 6.45) is -0.0457. The third-order valence-corrected chi connectivity index (χ3v) is 3.11. The monoisotopic (exact) mass is 241 g/mol. The second-order valence-corrected chi connectivity index (χ2v) is 5.72. The number of rotatable bonds is 4. The number of aromatic nitrogens is 1. The zero-order chi connectivity index (χ0) is 12.3. The summed E-state index contributed by atoms with van der Waals surface area (Å²) in [7, 11) is 0. The van der Waals surface area contributed by atoms with Crippen molar-refractivity contribution in [1.82, 2.24) is 4.98 Å². The molecule has 0 saturated carbocycles. The minimum Gasteiger partial charge on any atom is -0.371 e. The van der Waals surface area contributed by atoms with Gasteiger partial charge in [-0.15, -0.1) is 11.3 Å². The molecule has 0 N–H and O–H groups in total. The van der Waals surface area contributed by atoms with Crippen LogP contribution in [0.15, 0.2) is 5.38 Å². The number of ketones is 1. The topological polar surface area (TPSA) is 39.2 Å². The van der Waals surface area contributed by atoms with Gasteiger partial charge in [-0.1, -0.05) is 20.8 Å². The predicted octanol–water partition coefficient (Wildman–Crippen LogP) is 3.47. The van der Waals surface area contributed by atoms with E-state index >= 15 is 0 Å². The molecule has 16 heavy (non-hydrogen) atoms. The van der Waals surface area contributed by atoms with Gasteiger partial charge in [-0.05, 0) is 12.3 Å². The van der Waals surface area contributed by atoms with Crippen LogP contribution in [0.2, 0.25) is 0 Å². The largest absolute Gasteiger partial charge is 0.371 e. The molecule has 1 heterocycles. The maximum Gasteiger partial charge on any atom is 0.178 e. The fourth-order valence-corrected chi connectivity index (χ4v) is 2.58. The van der Waals surface area contributed by atoms with Crippen molar-refractivity contribution < 1.29 is 9.53 Å². The minimum absolute atomic E-state index is 0.00616. The van der Waals surface area contributed by atoms with E-state index in [9.17, 15) is 4.79 Å². The molecule has 0 bridgehead atoms. The molecule has 90 valence electrons. The van der Waals surface area contributed by atoms with Gasteiger partial charge in [0.05, 0.1) is 0 Å². The van der Waals surface area contributed by atoms with E-state index in [2.05, 4.69) is 25.8 Å². The lowest BCUT2D eigenvalue weighted by Crippen LogP contribution is -2.21. The SMILES string of the molecule is CCOC(c1nc(C(C)=O)cs1)C(C)(C)C. The minimum atomic E-state index is -0.0457. The third-order valence-electron chi connectivity index (χ3n) is 2.23. The van der Waals surface area contributed by atoms with Crippen LogP contribution in [0.5, 0.6) is 0 Å². The number of hydrogen-bond donors (Lipinski definition) is 0. The van der Waals surface area contributed by atoms with Crippen LogP contribution in [0.3, 0.4) is 0 Å². The Bertz CT molecular complexity index is 365. The van der Waals surface area contributed by atoms with Crippen molar-refractivity contribution >= 4 is 17.1 Å². The molecule has 0 aliphatic rings. The van der Waals surface area contributed by atoms with E-state index in [-0.39, 0.29) is 17.3 Å². The second kappa shape index (κ2) is 5.06. The molecule has 0 aliphatic carbocycles. The number of nitrogens with zero attached hydrogens (tertiary/aromatic N) is 1. The molecule has 0 saturated heterocycles. The molecule has 1 aromatic rings. The summed E-state index contributed by atoms with van der Waals surface area (Å²) < 4.78 is 5.72. The predicted molar refractivity (Wildman–Crippen MR) is 65.9 cm³/mol. The molecule has 0 spiro atoms. The first-order valence-corrected chi connectivity index (χ1v) is 6.32. The summed E-state index contributed by atoms with van der Waals surface area (Å²) in [6, 6.07) is 0. The van der Waals surface area contributed by atoms with Gasteiger partial charge in [0, 0.05) is 18.9 Å². The summed E-state index contributed by atoms with van der Waals surface area (Å²) in [5.74, 6) is 0.00616. The molecule has 0 radical (unpaired) electrons. The van der Waals surface area contributed by atoms with Crippen molar-refractivity contribution in [2.45, 2.75) is 40.7 Å². The van der Waals surface area contributed by atoms with Crippen LogP contribution in [-0.2, 0) is 4.74 Å². The van der Waals surface area contributed by atoms with Crippen LogP contribution in [-0.4, -0.2) is 17.4 Å². The van der Waals surface area contributed by atoms with Gasteiger partial charge in [-0.3, -0.25) is 4.79 Å². The molecule has 3 nitrogen and oxygen atoms in total. The fraction of sp³-hybridized carbons (Fsp3) is 0.667. The van der Waals surface area contributed by atoms with E-state index in [0.29, 0.717) is 12.3 Å². The summed E-state index contributed by atoms with van der Waals surface area (Å²) in [4.78, 5) is 15.5. The van der Waals surface area contributed by atoms with Crippen molar-refractivity contribution in [2.24, 2.45) is 5.41 Å². The van der Waals surface area contributed by atoms with Crippen LogP contribution >= 0.6 is 11.3 Å². The lowest BCUT2D eigenvalue weighted by atomic mass is 9.89. The molecule has 0 aliphatic heterocycles. The first-order chi connectivity index (χ1) is 7.36. The zero-order valence-corrected chi connectivity index (χ0v) is 11.4. The third kappa shape index (κ3) is 3.12.